The summed E-state index contributed by atoms with van der Waals surface area (Å²) in [6.45, 7) is 4.15. The van der Waals surface area contributed by atoms with Crippen LogP contribution in [0.1, 0.15) is 53.6 Å². The van der Waals surface area contributed by atoms with Gasteiger partial charge >= 0.3 is 12.1 Å². The van der Waals surface area contributed by atoms with Crippen molar-refractivity contribution in [3.05, 3.63) is 71.1 Å². The molecular weight excluding hydrogens is 456 g/mol. The van der Waals surface area contributed by atoms with Crippen molar-refractivity contribution >= 4 is 17.6 Å². The fraction of sp³-hybridized carbons (Fsp3) is 0.348. The highest BCUT2D eigenvalue weighted by molar-refractivity contribution is 6.04. The molecule has 0 bridgehead atoms. The van der Waals surface area contributed by atoms with Crippen LogP contribution in [0.4, 0.5) is 23.2 Å². The number of amides is 1. The molecule has 11 heteroatoms. The van der Waals surface area contributed by atoms with E-state index in [1.165, 1.54) is 16.9 Å². The number of nitrogens with zero attached hydrogens (tertiary/aromatic N) is 3. The number of aliphatic carboxylic acids is 1. The molecule has 0 radical (unpaired) electrons. The van der Waals surface area contributed by atoms with Gasteiger partial charge < -0.3 is 15.0 Å². The molecule has 2 heterocycles. The number of aryl methyl sites for hydroxylation is 2. The summed E-state index contributed by atoms with van der Waals surface area (Å²) in [7, 11) is 0. The number of alkyl halides is 3. The minimum atomic E-state index is -4.73. The number of aromatic nitrogens is 3. The van der Waals surface area contributed by atoms with Crippen molar-refractivity contribution in [3.8, 4) is 0 Å². The first kappa shape index (κ1) is 25.0. The Labute approximate surface area is 193 Å². The first-order valence-electron chi connectivity index (χ1n) is 10.6. The summed E-state index contributed by atoms with van der Waals surface area (Å²) in [5, 5.41) is 15.1. The van der Waals surface area contributed by atoms with E-state index in [1.54, 1.807) is 10.6 Å². The number of benzene rings is 1. The molecule has 34 heavy (non-hydrogen) atoms. The molecule has 182 valence electrons. The molecule has 2 aromatic heterocycles. The Morgan fingerprint density at radius 3 is 2.50 bits per heavy atom. The molecule has 0 aliphatic rings. The molecule has 0 spiro atoms. The van der Waals surface area contributed by atoms with E-state index in [4.69, 9.17) is 5.11 Å². The van der Waals surface area contributed by atoms with Crippen LogP contribution in [0.25, 0.3) is 0 Å². The zero-order valence-corrected chi connectivity index (χ0v) is 18.6. The highest BCUT2D eigenvalue weighted by Gasteiger charge is 2.34. The Morgan fingerprint density at radius 1 is 1.18 bits per heavy atom. The molecule has 3 rings (SSSR count). The van der Waals surface area contributed by atoms with Crippen LogP contribution in [-0.2, 0) is 30.4 Å². The molecular formula is C23H24F4N4O3. The molecule has 0 aliphatic heterocycles. The van der Waals surface area contributed by atoms with Crippen LogP contribution in [0.15, 0.2) is 42.7 Å². The predicted molar refractivity (Wildman–Crippen MR) is 116 cm³/mol. The molecule has 1 amide bonds. The van der Waals surface area contributed by atoms with Gasteiger partial charge in [-0.15, -0.1) is 0 Å². The van der Waals surface area contributed by atoms with Gasteiger partial charge in [0, 0.05) is 18.3 Å². The topological polar surface area (TPSA) is 89.2 Å². The van der Waals surface area contributed by atoms with E-state index in [1.807, 2.05) is 13.8 Å². The number of carbonyl (C=O) groups is 2. The standard InChI is InChI=1S/C23H24F4N4O3/c1-14(2)31-17(4-3-9-30-13-16(24)12-28-30)6-8-20(31)22(34)29-19-10-15(11-21(32)33)5-7-18(19)23(25,26)27/h5-8,10,12-14H,3-4,9,11H2,1-2H3,(H,29,34)(H,32,33). The van der Waals surface area contributed by atoms with Crippen LogP contribution >= 0.6 is 0 Å². The molecule has 0 saturated carbocycles. The third kappa shape index (κ3) is 6.03. The zero-order valence-electron chi connectivity index (χ0n) is 18.6. The minimum Gasteiger partial charge on any atom is -0.481 e. The summed E-state index contributed by atoms with van der Waals surface area (Å²) in [5.41, 5.74) is -0.472. The van der Waals surface area contributed by atoms with E-state index in [0.29, 0.717) is 19.4 Å². The van der Waals surface area contributed by atoms with E-state index in [-0.39, 0.29) is 17.3 Å². The number of nitrogens with one attached hydrogen (secondary N) is 1. The van der Waals surface area contributed by atoms with Gasteiger partial charge in [0.2, 0.25) is 0 Å². The third-order valence-electron chi connectivity index (χ3n) is 5.17. The molecule has 3 aromatic rings. The average molecular weight is 480 g/mol. The predicted octanol–water partition coefficient (Wildman–Crippen LogP) is 4.94. The number of anilines is 1. The highest BCUT2D eigenvalue weighted by atomic mass is 19.4. The lowest BCUT2D eigenvalue weighted by Crippen LogP contribution is -2.22. The summed E-state index contributed by atoms with van der Waals surface area (Å²) >= 11 is 0. The van der Waals surface area contributed by atoms with Gasteiger partial charge in [-0.25, -0.2) is 4.39 Å². The SMILES string of the molecule is CC(C)n1c(CCCn2cc(F)cn2)ccc1C(=O)Nc1cc(CC(=O)O)ccc1C(F)(F)F. The average Bonchev–Trinajstić information content (AvgIpc) is 3.33. The van der Waals surface area contributed by atoms with Crippen LogP contribution in [0.3, 0.4) is 0 Å². The number of hydrogen-bond donors (Lipinski definition) is 2. The summed E-state index contributed by atoms with van der Waals surface area (Å²) in [6.07, 6.45) is -1.69. The number of carbonyl (C=O) groups excluding carboxylic acids is 1. The van der Waals surface area contributed by atoms with Crippen molar-refractivity contribution in [1.29, 1.82) is 0 Å². The summed E-state index contributed by atoms with van der Waals surface area (Å²) in [6, 6.07) is 5.97. The number of carboxylic acid groups (broad SMARTS) is 1. The summed E-state index contributed by atoms with van der Waals surface area (Å²) in [4.78, 5) is 24.0. The van der Waals surface area contributed by atoms with Crippen LogP contribution in [0.5, 0.6) is 0 Å². The van der Waals surface area contributed by atoms with E-state index >= 15 is 0 Å². The fourth-order valence-corrected chi connectivity index (χ4v) is 3.78. The van der Waals surface area contributed by atoms with Gasteiger partial charge in [0.05, 0.1) is 30.1 Å². The van der Waals surface area contributed by atoms with Crippen LogP contribution in [0.2, 0.25) is 0 Å². The molecule has 0 atom stereocenters. The lowest BCUT2D eigenvalue weighted by Gasteiger charge is -2.19. The first-order chi connectivity index (χ1) is 16.0. The van der Waals surface area contributed by atoms with Crippen molar-refractivity contribution in [1.82, 2.24) is 14.3 Å². The maximum atomic E-state index is 13.5. The second-order valence-electron chi connectivity index (χ2n) is 8.10. The summed E-state index contributed by atoms with van der Waals surface area (Å²) in [5.74, 6) is -2.38. The molecule has 7 nitrogen and oxygen atoms in total. The van der Waals surface area contributed by atoms with Crippen molar-refractivity contribution < 1.29 is 32.3 Å². The van der Waals surface area contributed by atoms with Gasteiger partial charge in [-0.2, -0.15) is 18.3 Å². The minimum absolute atomic E-state index is 0.130. The first-order valence-corrected chi connectivity index (χ1v) is 10.6. The van der Waals surface area contributed by atoms with Crippen LogP contribution in [0, 0.1) is 5.82 Å². The molecule has 0 fully saturated rings. The van der Waals surface area contributed by atoms with Gasteiger partial charge in [-0.1, -0.05) is 6.07 Å². The zero-order chi connectivity index (χ0) is 25.0. The van der Waals surface area contributed by atoms with Gasteiger partial charge in [0.25, 0.3) is 5.91 Å². The van der Waals surface area contributed by atoms with Gasteiger partial charge in [-0.3, -0.25) is 14.3 Å². The normalized spacial score (nSPS) is 11.7. The van der Waals surface area contributed by atoms with E-state index in [9.17, 15) is 27.2 Å². The largest absolute Gasteiger partial charge is 0.481 e. The molecule has 2 N–H and O–H groups in total. The smallest absolute Gasteiger partial charge is 0.418 e. The monoisotopic (exact) mass is 480 g/mol. The Hall–Kier alpha value is -3.63. The number of rotatable bonds is 9. The van der Waals surface area contributed by atoms with Crippen molar-refractivity contribution in [2.75, 3.05) is 5.32 Å². The van der Waals surface area contributed by atoms with Crippen molar-refractivity contribution in [3.63, 3.8) is 0 Å². The fourth-order valence-electron chi connectivity index (χ4n) is 3.78. The quantitative estimate of drug-likeness (QED) is 0.425. The van der Waals surface area contributed by atoms with E-state index in [0.717, 1.165) is 30.1 Å². The second-order valence-corrected chi connectivity index (χ2v) is 8.10. The molecule has 0 unspecified atom stereocenters. The molecule has 1 aromatic carbocycles. The van der Waals surface area contributed by atoms with E-state index < -0.39 is 41.5 Å². The van der Waals surface area contributed by atoms with E-state index in [2.05, 4.69) is 10.4 Å². The van der Waals surface area contributed by atoms with Crippen LogP contribution in [-0.4, -0.2) is 31.3 Å². The van der Waals surface area contributed by atoms with Gasteiger partial charge in [0.1, 0.15) is 5.69 Å². The Morgan fingerprint density at radius 2 is 1.91 bits per heavy atom. The molecule has 0 saturated heterocycles. The Kier molecular flexibility index (Phi) is 7.43. The third-order valence-corrected chi connectivity index (χ3v) is 5.17. The lowest BCUT2D eigenvalue weighted by molar-refractivity contribution is -0.137. The Balaban J connectivity index is 1.83. The maximum absolute atomic E-state index is 13.5. The molecule has 0 aliphatic carbocycles. The number of halogens is 4. The highest BCUT2D eigenvalue weighted by Crippen LogP contribution is 2.36. The lowest BCUT2D eigenvalue weighted by atomic mass is 10.1. The summed E-state index contributed by atoms with van der Waals surface area (Å²) < 4.78 is 56.7. The second kappa shape index (κ2) is 10.1. The van der Waals surface area contributed by atoms with Crippen LogP contribution < -0.4 is 5.32 Å². The Bertz CT molecular complexity index is 1180. The van der Waals surface area contributed by atoms with Crippen molar-refractivity contribution in [2.24, 2.45) is 0 Å². The maximum Gasteiger partial charge on any atom is 0.418 e. The van der Waals surface area contributed by atoms with Gasteiger partial charge in [0.15, 0.2) is 5.82 Å². The number of hydrogen-bond acceptors (Lipinski definition) is 3. The van der Waals surface area contributed by atoms with Gasteiger partial charge in [-0.05, 0) is 56.5 Å². The van der Waals surface area contributed by atoms with Crippen molar-refractivity contribution in [2.45, 2.75) is 51.9 Å². The number of carboxylic acids is 1.